The highest BCUT2D eigenvalue weighted by Gasteiger charge is 2.19. The molecule has 1 aromatic heterocycles. The van der Waals surface area contributed by atoms with Crippen LogP contribution in [0.4, 0.5) is 0 Å². The van der Waals surface area contributed by atoms with Gasteiger partial charge in [-0.3, -0.25) is 4.79 Å². The van der Waals surface area contributed by atoms with Crippen molar-refractivity contribution in [2.45, 2.75) is 26.3 Å². The lowest BCUT2D eigenvalue weighted by molar-refractivity contribution is 0.0931. The number of hydrogen-bond donors (Lipinski definition) is 1. The van der Waals surface area contributed by atoms with Gasteiger partial charge in [0.1, 0.15) is 11.5 Å². The lowest BCUT2D eigenvalue weighted by atomic mass is 10.0. The molecule has 0 spiro atoms. The molecule has 1 aromatic carbocycles. The first-order valence-electron chi connectivity index (χ1n) is 7.65. The first-order valence-corrected chi connectivity index (χ1v) is 8.02. The second-order valence-corrected chi connectivity index (χ2v) is 6.43. The Kier molecular flexibility index (Phi) is 5.85. The van der Waals surface area contributed by atoms with E-state index in [0.717, 1.165) is 24.3 Å². The molecule has 0 aliphatic heterocycles. The van der Waals surface area contributed by atoms with Gasteiger partial charge in [0.25, 0.3) is 5.91 Å². The molecule has 4 nitrogen and oxygen atoms in total. The van der Waals surface area contributed by atoms with Gasteiger partial charge < -0.3 is 14.6 Å². The summed E-state index contributed by atoms with van der Waals surface area (Å²) < 4.78 is 5.45. The summed E-state index contributed by atoms with van der Waals surface area (Å²) in [5.74, 6) is 1.27. The van der Waals surface area contributed by atoms with Crippen LogP contribution < -0.4 is 5.32 Å². The summed E-state index contributed by atoms with van der Waals surface area (Å²) in [5.41, 5.74) is 1.63. The fourth-order valence-electron chi connectivity index (χ4n) is 2.50. The van der Waals surface area contributed by atoms with Crippen molar-refractivity contribution in [2.75, 3.05) is 20.6 Å². The van der Waals surface area contributed by atoms with Gasteiger partial charge in [-0.15, -0.1) is 0 Å². The van der Waals surface area contributed by atoms with Crippen LogP contribution in [0.2, 0.25) is 5.02 Å². The van der Waals surface area contributed by atoms with Crippen LogP contribution in [-0.2, 0) is 0 Å². The van der Waals surface area contributed by atoms with Gasteiger partial charge in [0, 0.05) is 5.02 Å². The third kappa shape index (κ3) is 4.85. The Morgan fingerprint density at radius 3 is 2.43 bits per heavy atom. The zero-order valence-electron chi connectivity index (χ0n) is 14.0. The van der Waals surface area contributed by atoms with Gasteiger partial charge in [-0.05, 0) is 64.7 Å². The smallest absolute Gasteiger partial charge is 0.255 e. The minimum Gasteiger partial charge on any atom is -0.466 e. The van der Waals surface area contributed by atoms with Gasteiger partial charge in [0.05, 0.1) is 11.6 Å². The first kappa shape index (κ1) is 17.6. The SMILES string of the molecule is Cc1cc(C(=O)NC(CCN(C)C)c2ccc(Cl)cc2)c(C)o1. The van der Waals surface area contributed by atoms with E-state index >= 15 is 0 Å². The molecule has 23 heavy (non-hydrogen) atoms. The molecule has 2 aromatic rings. The number of aryl methyl sites for hydroxylation is 2. The van der Waals surface area contributed by atoms with Crippen LogP contribution in [0.25, 0.3) is 0 Å². The summed E-state index contributed by atoms with van der Waals surface area (Å²) >= 11 is 5.96. The summed E-state index contributed by atoms with van der Waals surface area (Å²) in [6.07, 6.45) is 0.816. The number of hydrogen-bond acceptors (Lipinski definition) is 3. The highest BCUT2D eigenvalue weighted by atomic mass is 35.5. The fourth-order valence-corrected chi connectivity index (χ4v) is 2.62. The van der Waals surface area contributed by atoms with Crippen molar-refractivity contribution in [3.63, 3.8) is 0 Å². The average Bonchev–Trinajstić information content (AvgIpc) is 2.83. The Hall–Kier alpha value is -1.78. The Morgan fingerprint density at radius 2 is 1.91 bits per heavy atom. The minimum atomic E-state index is -0.113. The molecule has 1 atom stereocenters. The van der Waals surface area contributed by atoms with Gasteiger partial charge in [0.15, 0.2) is 0 Å². The number of halogens is 1. The van der Waals surface area contributed by atoms with Crippen molar-refractivity contribution in [3.05, 3.63) is 58.0 Å². The van der Waals surface area contributed by atoms with Crippen LogP contribution in [0, 0.1) is 13.8 Å². The van der Waals surface area contributed by atoms with E-state index in [2.05, 4.69) is 10.2 Å². The molecule has 0 aliphatic carbocycles. The van der Waals surface area contributed by atoms with Crippen molar-refractivity contribution in [2.24, 2.45) is 0 Å². The summed E-state index contributed by atoms with van der Waals surface area (Å²) in [7, 11) is 4.04. The van der Waals surface area contributed by atoms with E-state index in [0.29, 0.717) is 16.3 Å². The monoisotopic (exact) mass is 334 g/mol. The van der Waals surface area contributed by atoms with Crippen LogP contribution >= 0.6 is 11.6 Å². The molecule has 2 rings (SSSR count). The number of benzene rings is 1. The van der Waals surface area contributed by atoms with Gasteiger partial charge in [-0.25, -0.2) is 0 Å². The summed E-state index contributed by atoms with van der Waals surface area (Å²) in [6, 6.07) is 9.30. The fraction of sp³-hybridized carbons (Fsp3) is 0.389. The molecule has 1 unspecified atom stereocenters. The Labute approximate surface area is 142 Å². The number of furan rings is 1. The van der Waals surface area contributed by atoms with Crippen molar-refractivity contribution in [1.82, 2.24) is 10.2 Å². The maximum absolute atomic E-state index is 12.6. The molecule has 1 amide bonds. The van der Waals surface area contributed by atoms with Crippen LogP contribution in [0.5, 0.6) is 0 Å². The molecular weight excluding hydrogens is 312 g/mol. The largest absolute Gasteiger partial charge is 0.466 e. The van der Waals surface area contributed by atoms with E-state index in [1.807, 2.05) is 45.3 Å². The van der Waals surface area contributed by atoms with Gasteiger partial charge in [0.2, 0.25) is 0 Å². The third-order valence-electron chi connectivity index (χ3n) is 3.73. The summed E-state index contributed by atoms with van der Waals surface area (Å²) in [4.78, 5) is 14.7. The number of amides is 1. The lowest BCUT2D eigenvalue weighted by Crippen LogP contribution is -2.31. The Balaban J connectivity index is 2.18. The number of nitrogens with zero attached hydrogens (tertiary/aromatic N) is 1. The summed E-state index contributed by atoms with van der Waals surface area (Å²) in [6.45, 7) is 4.52. The first-order chi connectivity index (χ1) is 10.9. The van der Waals surface area contributed by atoms with E-state index in [1.165, 1.54) is 0 Å². The van der Waals surface area contributed by atoms with E-state index in [4.69, 9.17) is 16.0 Å². The molecule has 0 saturated carbocycles. The zero-order valence-corrected chi connectivity index (χ0v) is 14.8. The van der Waals surface area contributed by atoms with Gasteiger partial charge >= 0.3 is 0 Å². The average molecular weight is 335 g/mol. The predicted octanol–water partition coefficient (Wildman–Crippen LogP) is 3.97. The topological polar surface area (TPSA) is 45.5 Å². The number of carbonyl (C=O) groups excluding carboxylic acids is 1. The summed E-state index contributed by atoms with van der Waals surface area (Å²) in [5, 5.41) is 3.80. The molecule has 1 heterocycles. The molecule has 0 saturated heterocycles. The highest BCUT2D eigenvalue weighted by molar-refractivity contribution is 6.30. The third-order valence-corrected chi connectivity index (χ3v) is 3.98. The quantitative estimate of drug-likeness (QED) is 0.869. The van der Waals surface area contributed by atoms with Crippen molar-refractivity contribution in [3.8, 4) is 0 Å². The van der Waals surface area contributed by atoms with Crippen molar-refractivity contribution >= 4 is 17.5 Å². The molecular formula is C18H23ClN2O2. The van der Waals surface area contributed by atoms with Crippen molar-refractivity contribution < 1.29 is 9.21 Å². The van der Waals surface area contributed by atoms with Gasteiger partial charge in [-0.2, -0.15) is 0 Å². The van der Waals surface area contributed by atoms with E-state index in [9.17, 15) is 4.79 Å². The van der Waals surface area contributed by atoms with Crippen molar-refractivity contribution in [1.29, 1.82) is 0 Å². The van der Waals surface area contributed by atoms with E-state index in [1.54, 1.807) is 13.0 Å². The second kappa shape index (κ2) is 7.66. The highest BCUT2D eigenvalue weighted by Crippen LogP contribution is 2.21. The molecule has 0 aliphatic rings. The maximum atomic E-state index is 12.6. The van der Waals surface area contributed by atoms with E-state index < -0.39 is 0 Å². The molecule has 0 radical (unpaired) electrons. The number of carbonyl (C=O) groups is 1. The Bertz CT molecular complexity index is 662. The molecule has 124 valence electrons. The van der Waals surface area contributed by atoms with Gasteiger partial charge in [-0.1, -0.05) is 23.7 Å². The maximum Gasteiger partial charge on any atom is 0.255 e. The van der Waals surface area contributed by atoms with Crippen LogP contribution in [0.3, 0.4) is 0 Å². The zero-order chi connectivity index (χ0) is 17.0. The molecule has 0 bridgehead atoms. The molecule has 5 heteroatoms. The lowest BCUT2D eigenvalue weighted by Gasteiger charge is -2.21. The van der Waals surface area contributed by atoms with Crippen LogP contribution in [0.1, 0.15) is 39.9 Å². The number of rotatable bonds is 6. The second-order valence-electron chi connectivity index (χ2n) is 6.00. The van der Waals surface area contributed by atoms with E-state index in [-0.39, 0.29) is 11.9 Å². The predicted molar refractivity (Wildman–Crippen MR) is 93.0 cm³/mol. The minimum absolute atomic E-state index is 0.0724. The normalized spacial score (nSPS) is 12.4. The van der Waals surface area contributed by atoms with Crippen LogP contribution in [-0.4, -0.2) is 31.4 Å². The Morgan fingerprint density at radius 1 is 1.26 bits per heavy atom. The molecule has 0 fully saturated rings. The number of nitrogens with one attached hydrogen (secondary N) is 1. The molecule has 1 N–H and O–H groups in total. The van der Waals surface area contributed by atoms with Crippen LogP contribution in [0.15, 0.2) is 34.7 Å². The standard InChI is InChI=1S/C18H23ClN2O2/c1-12-11-16(13(2)23-12)18(22)20-17(9-10-21(3)4)14-5-7-15(19)8-6-14/h5-8,11,17H,9-10H2,1-4H3,(H,20,22).